The highest BCUT2D eigenvalue weighted by molar-refractivity contribution is 7.13. The molecule has 4 nitrogen and oxygen atoms in total. The molecule has 0 unspecified atom stereocenters. The quantitative estimate of drug-likeness (QED) is 0.691. The van der Waals surface area contributed by atoms with Gasteiger partial charge in [-0.15, -0.1) is 11.3 Å². The predicted octanol–water partition coefficient (Wildman–Crippen LogP) is 4.50. The van der Waals surface area contributed by atoms with Crippen molar-refractivity contribution in [3.8, 4) is 39.1 Å². The number of methoxy groups -OCH3 is 3. The molecule has 3 rings (SSSR count). The summed E-state index contributed by atoms with van der Waals surface area (Å²) in [4.78, 5) is 4.73. The van der Waals surface area contributed by atoms with E-state index in [4.69, 9.17) is 19.2 Å². The number of hydrogen-bond acceptors (Lipinski definition) is 5. The molecular weight excluding hydrogens is 310 g/mol. The zero-order valence-corrected chi connectivity index (χ0v) is 14.0. The number of ether oxygens (including phenoxy) is 3. The summed E-state index contributed by atoms with van der Waals surface area (Å²) in [5.74, 6) is 2.22. The van der Waals surface area contributed by atoms with E-state index in [1.54, 1.807) is 32.7 Å². The maximum Gasteiger partial charge on any atom is 0.161 e. The zero-order chi connectivity index (χ0) is 16.2. The Labute approximate surface area is 139 Å². The van der Waals surface area contributed by atoms with Gasteiger partial charge in [0.05, 0.1) is 32.6 Å². The molecule has 2 aromatic carbocycles. The number of para-hydroxylation sites is 1. The Morgan fingerprint density at radius 1 is 0.826 bits per heavy atom. The van der Waals surface area contributed by atoms with E-state index in [-0.39, 0.29) is 0 Å². The minimum Gasteiger partial charge on any atom is -0.496 e. The predicted molar refractivity (Wildman–Crippen MR) is 92.6 cm³/mol. The van der Waals surface area contributed by atoms with Gasteiger partial charge in [0, 0.05) is 10.9 Å². The molecule has 5 heteroatoms. The lowest BCUT2D eigenvalue weighted by atomic mass is 10.1. The molecule has 0 saturated heterocycles. The third-order valence-corrected chi connectivity index (χ3v) is 4.40. The monoisotopic (exact) mass is 327 g/mol. The van der Waals surface area contributed by atoms with E-state index in [9.17, 15) is 0 Å². The van der Waals surface area contributed by atoms with Gasteiger partial charge in [0.2, 0.25) is 0 Å². The standard InChI is InChI=1S/C18H17NO3S/c1-20-15-7-5-4-6-13(15)18-19-14(11-23-18)12-8-9-16(21-2)17(10-12)22-3/h4-11H,1-3H3. The van der Waals surface area contributed by atoms with E-state index in [0.717, 1.165) is 27.6 Å². The van der Waals surface area contributed by atoms with Crippen molar-refractivity contribution in [3.05, 3.63) is 47.8 Å². The highest BCUT2D eigenvalue weighted by Crippen LogP contribution is 2.36. The van der Waals surface area contributed by atoms with Crippen LogP contribution in [0.4, 0.5) is 0 Å². The van der Waals surface area contributed by atoms with Crippen LogP contribution in [0.15, 0.2) is 47.8 Å². The van der Waals surface area contributed by atoms with Crippen LogP contribution >= 0.6 is 11.3 Å². The second kappa shape index (κ2) is 6.71. The molecule has 0 spiro atoms. The fraction of sp³-hybridized carbons (Fsp3) is 0.167. The first-order valence-corrected chi connectivity index (χ1v) is 7.96. The van der Waals surface area contributed by atoms with Crippen molar-refractivity contribution in [1.82, 2.24) is 4.98 Å². The van der Waals surface area contributed by atoms with E-state index < -0.39 is 0 Å². The maximum atomic E-state index is 5.41. The summed E-state index contributed by atoms with van der Waals surface area (Å²) in [6, 6.07) is 13.7. The van der Waals surface area contributed by atoms with Gasteiger partial charge in [-0.25, -0.2) is 4.98 Å². The van der Waals surface area contributed by atoms with Crippen molar-refractivity contribution in [2.75, 3.05) is 21.3 Å². The number of rotatable bonds is 5. The molecule has 0 aliphatic heterocycles. The lowest BCUT2D eigenvalue weighted by Crippen LogP contribution is -1.91. The summed E-state index contributed by atoms with van der Waals surface area (Å²) in [6.07, 6.45) is 0. The number of benzene rings is 2. The molecule has 1 heterocycles. The molecule has 0 amide bonds. The number of thiazole rings is 1. The first-order valence-electron chi connectivity index (χ1n) is 7.08. The van der Waals surface area contributed by atoms with Crippen LogP contribution in [0.5, 0.6) is 17.2 Å². The molecule has 0 atom stereocenters. The second-order valence-corrected chi connectivity index (χ2v) is 5.67. The highest BCUT2D eigenvalue weighted by Gasteiger charge is 2.12. The normalized spacial score (nSPS) is 10.4. The maximum absolute atomic E-state index is 5.41. The molecule has 0 N–H and O–H groups in total. The van der Waals surface area contributed by atoms with Crippen molar-refractivity contribution >= 4 is 11.3 Å². The van der Waals surface area contributed by atoms with Crippen LogP contribution in [0, 0.1) is 0 Å². The van der Waals surface area contributed by atoms with Gasteiger partial charge in [0.15, 0.2) is 11.5 Å². The number of aromatic nitrogens is 1. The molecule has 0 radical (unpaired) electrons. The SMILES string of the molecule is COc1ccc(-c2csc(-c3ccccc3OC)n2)cc1OC. The van der Waals surface area contributed by atoms with E-state index >= 15 is 0 Å². The molecule has 23 heavy (non-hydrogen) atoms. The van der Waals surface area contributed by atoms with Gasteiger partial charge in [-0.3, -0.25) is 0 Å². The first kappa shape index (κ1) is 15.4. The topological polar surface area (TPSA) is 40.6 Å². The van der Waals surface area contributed by atoms with Crippen LogP contribution in [-0.2, 0) is 0 Å². The summed E-state index contributed by atoms with van der Waals surface area (Å²) >= 11 is 1.59. The average molecular weight is 327 g/mol. The van der Waals surface area contributed by atoms with Crippen molar-refractivity contribution < 1.29 is 14.2 Å². The third-order valence-electron chi connectivity index (χ3n) is 3.52. The zero-order valence-electron chi connectivity index (χ0n) is 13.2. The minimum atomic E-state index is 0.692. The average Bonchev–Trinajstić information content (AvgIpc) is 3.11. The van der Waals surface area contributed by atoms with Gasteiger partial charge < -0.3 is 14.2 Å². The van der Waals surface area contributed by atoms with Crippen LogP contribution in [-0.4, -0.2) is 26.3 Å². The summed E-state index contributed by atoms with van der Waals surface area (Å²) < 4.78 is 16.0. The van der Waals surface area contributed by atoms with Crippen molar-refractivity contribution in [3.63, 3.8) is 0 Å². The fourth-order valence-electron chi connectivity index (χ4n) is 2.35. The van der Waals surface area contributed by atoms with Gasteiger partial charge in [0.1, 0.15) is 10.8 Å². The molecule has 0 fully saturated rings. The van der Waals surface area contributed by atoms with Gasteiger partial charge in [-0.05, 0) is 30.3 Å². The van der Waals surface area contributed by atoms with Crippen molar-refractivity contribution in [1.29, 1.82) is 0 Å². The lowest BCUT2D eigenvalue weighted by molar-refractivity contribution is 0.355. The molecule has 3 aromatic rings. The van der Waals surface area contributed by atoms with Crippen LogP contribution in [0.1, 0.15) is 0 Å². The summed E-state index contributed by atoms with van der Waals surface area (Å²) in [5.41, 5.74) is 2.88. The molecular formula is C18H17NO3S. The Morgan fingerprint density at radius 2 is 1.57 bits per heavy atom. The number of hydrogen-bond donors (Lipinski definition) is 0. The second-order valence-electron chi connectivity index (χ2n) is 4.81. The van der Waals surface area contributed by atoms with Crippen LogP contribution < -0.4 is 14.2 Å². The first-order chi connectivity index (χ1) is 11.3. The Morgan fingerprint density at radius 3 is 2.30 bits per heavy atom. The van der Waals surface area contributed by atoms with Crippen molar-refractivity contribution in [2.45, 2.75) is 0 Å². The summed E-state index contributed by atoms with van der Waals surface area (Å²) in [5, 5.41) is 2.95. The van der Waals surface area contributed by atoms with E-state index in [1.807, 2.05) is 47.8 Å². The largest absolute Gasteiger partial charge is 0.496 e. The number of nitrogens with zero attached hydrogens (tertiary/aromatic N) is 1. The van der Waals surface area contributed by atoms with Crippen LogP contribution in [0.3, 0.4) is 0 Å². The molecule has 0 aliphatic carbocycles. The van der Waals surface area contributed by atoms with Gasteiger partial charge in [-0.2, -0.15) is 0 Å². The fourth-order valence-corrected chi connectivity index (χ4v) is 3.21. The Balaban J connectivity index is 1.99. The molecule has 0 saturated carbocycles. The van der Waals surface area contributed by atoms with Gasteiger partial charge in [0.25, 0.3) is 0 Å². The van der Waals surface area contributed by atoms with Crippen LogP contribution in [0.2, 0.25) is 0 Å². The van der Waals surface area contributed by atoms with E-state index in [0.29, 0.717) is 11.5 Å². The Kier molecular flexibility index (Phi) is 4.48. The van der Waals surface area contributed by atoms with Crippen molar-refractivity contribution in [2.24, 2.45) is 0 Å². The van der Waals surface area contributed by atoms with Gasteiger partial charge in [-0.1, -0.05) is 12.1 Å². The summed E-state index contributed by atoms with van der Waals surface area (Å²) in [7, 11) is 4.92. The summed E-state index contributed by atoms with van der Waals surface area (Å²) in [6.45, 7) is 0. The Bertz CT molecular complexity index is 814. The Hall–Kier alpha value is -2.53. The molecule has 118 valence electrons. The van der Waals surface area contributed by atoms with E-state index in [1.165, 1.54) is 0 Å². The van der Waals surface area contributed by atoms with E-state index in [2.05, 4.69) is 0 Å². The minimum absolute atomic E-state index is 0.692. The lowest BCUT2D eigenvalue weighted by Gasteiger charge is -2.08. The van der Waals surface area contributed by atoms with Crippen LogP contribution in [0.25, 0.3) is 21.8 Å². The third kappa shape index (κ3) is 3.00. The highest BCUT2D eigenvalue weighted by atomic mass is 32.1. The molecule has 1 aromatic heterocycles. The molecule has 0 aliphatic rings. The molecule has 0 bridgehead atoms. The smallest absolute Gasteiger partial charge is 0.161 e. The van der Waals surface area contributed by atoms with Gasteiger partial charge >= 0.3 is 0 Å².